The molecule has 0 aromatic carbocycles. The maximum atomic E-state index is 12.6. The molecule has 1 aromatic heterocycles. The molecule has 1 aliphatic heterocycles. The van der Waals surface area contributed by atoms with Crippen molar-refractivity contribution in [3.63, 3.8) is 0 Å². The third kappa shape index (κ3) is 2.75. The minimum atomic E-state index is -0.389. The number of anilines is 1. The molecule has 6 nitrogen and oxygen atoms in total. The highest BCUT2D eigenvalue weighted by molar-refractivity contribution is 5.94. The molecule has 20 heavy (non-hydrogen) atoms. The molecule has 0 bridgehead atoms. The summed E-state index contributed by atoms with van der Waals surface area (Å²) in [4.78, 5) is 21.0. The van der Waals surface area contributed by atoms with Gasteiger partial charge in [0.1, 0.15) is 0 Å². The van der Waals surface area contributed by atoms with E-state index in [1.54, 1.807) is 13.2 Å². The summed E-state index contributed by atoms with van der Waals surface area (Å²) in [5.41, 5.74) is 0.371. The first-order chi connectivity index (χ1) is 9.48. The Balaban J connectivity index is 2.20. The van der Waals surface area contributed by atoms with Crippen LogP contribution in [0.5, 0.6) is 5.88 Å². The number of carbonyl (C=O) groups is 1. The number of ether oxygens (including phenoxy) is 1. The molecule has 1 aromatic rings. The molecule has 2 rings (SSSR count). The van der Waals surface area contributed by atoms with Crippen molar-refractivity contribution < 1.29 is 9.53 Å². The summed E-state index contributed by atoms with van der Waals surface area (Å²) in [6, 6.07) is 1.73. The molecular weight excluding hydrogens is 256 g/mol. The van der Waals surface area contributed by atoms with Crippen molar-refractivity contribution in [3.8, 4) is 5.88 Å². The maximum absolute atomic E-state index is 12.6. The van der Waals surface area contributed by atoms with E-state index in [1.807, 2.05) is 6.92 Å². The lowest BCUT2D eigenvalue weighted by atomic mass is 9.75. The summed E-state index contributed by atoms with van der Waals surface area (Å²) in [5, 5.41) is 6.11. The molecule has 1 unspecified atom stereocenters. The summed E-state index contributed by atoms with van der Waals surface area (Å²) in [7, 11) is 1.55. The van der Waals surface area contributed by atoms with Gasteiger partial charge < -0.3 is 10.1 Å². The van der Waals surface area contributed by atoms with Gasteiger partial charge in [0.25, 0.3) is 0 Å². The lowest BCUT2D eigenvalue weighted by Crippen LogP contribution is -2.42. The van der Waals surface area contributed by atoms with Crippen LogP contribution < -0.4 is 15.4 Å². The fraction of sp³-hybridized carbons (Fsp3) is 0.643. The van der Waals surface area contributed by atoms with Crippen LogP contribution in [-0.2, 0) is 4.79 Å². The molecule has 0 spiro atoms. The van der Waals surface area contributed by atoms with E-state index in [4.69, 9.17) is 4.74 Å². The van der Waals surface area contributed by atoms with E-state index in [0.29, 0.717) is 18.4 Å². The second kappa shape index (κ2) is 5.75. The van der Waals surface area contributed by atoms with Gasteiger partial charge in [-0.1, -0.05) is 13.8 Å². The first-order valence-electron chi connectivity index (χ1n) is 6.90. The van der Waals surface area contributed by atoms with Gasteiger partial charge in [-0.25, -0.2) is 4.98 Å². The van der Waals surface area contributed by atoms with Gasteiger partial charge in [-0.2, -0.15) is 4.98 Å². The van der Waals surface area contributed by atoms with Crippen LogP contribution in [0.15, 0.2) is 6.07 Å². The van der Waals surface area contributed by atoms with Crippen LogP contribution in [-0.4, -0.2) is 36.1 Å². The molecule has 2 heterocycles. The SMILES string of the molecule is COc1cc(C)nc(NC(=O)C2(C(C)C)CCNC2)n1. The molecule has 1 aliphatic rings. The fourth-order valence-electron chi connectivity index (χ4n) is 2.59. The zero-order chi connectivity index (χ0) is 14.8. The highest BCUT2D eigenvalue weighted by Crippen LogP contribution is 2.35. The van der Waals surface area contributed by atoms with E-state index in [-0.39, 0.29) is 17.2 Å². The van der Waals surface area contributed by atoms with Crippen molar-refractivity contribution in [2.24, 2.45) is 11.3 Å². The van der Waals surface area contributed by atoms with Gasteiger partial charge in [0, 0.05) is 18.3 Å². The molecule has 0 aliphatic carbocycles. The molecule has 1 saturated heterocycles. The van der Waals surface area contributed by atoms with Gasteiger partial charge in [0.15, 0.2) is 0 Å². The number of nitrogens with zero attached hydrogens (tertiary/aromatic N) is 2. The Kier molecular flexibility index (Phi) is 4.23. The van der Waals surface area contributed by atoms with Gasteiger partial charge in [0.05, 0.1) is 12.5 Å². The Morgan fingerprint density at radius 3 is 2.80 bits per heavy atom. The zero-order valence-electron chi connectivity index (χ0n) is 12.5. The number of methoxy groups -OCH3 is 1. The normalized spacial score (nSPS) is 22.1. The van der Waals surface area contributed by atoms with Gasteiger partial charge in [0.2, 0.25) is 17.7 Å². The first kappa shape index (κ1) is 14.7. The maximum Gasteiger partial charge on any atom is 0.234 e. The monoisotopic (exact) mass is 278 g/mol. The Hall–Kier alpha value is -1.69. The average molecular weight is 278 g/mol. The van der Waals surface area contributed by atoms with E-state index in [2.05, 4.69) is 34.4 Å². The molecule has 1 fully saturated rings. The summed E-state index contributed by atoms with van der Waals surface area (Å²) in [5.74, 6) is 0.990. The number of aryl methyl sites for hydroxylation is 1. The number of aromatic nitrogens is 2. The second-order valence-corrected chi connectivity index (χ2v) is 5.57. The molecule has 0 saturated carbocycles. The number of nitrogens with one attached hydrogen (secondary N) is 2. The first-order valence-corrected chi connectivity index (χ1v) is 6.90. The zero-order valence-corrected chi connectivity index (χ0v) is 12.5. The van der Waals surface area contributed by atoms with E-state index >= 15 is 0 Å². The smallest absolute Gasteiger partial charge is 0.234 e. The van der Waals surface area contributed by atoms with Crippen molar-refractivity contribution in [2.75, 3.05) is 25.5 Å². The van der Waals surface area contributed by atoms with Gasteiger partial charge >= 0.3 is 0 Å². The van der Waals surface area contributed by atoms with Crippen LogP contribution in [0.25, 0.3) is 0 Å². The van der Waals surface area contributed by atoms with Crippen LogP contribution in [0.3, 0.4) is 0 Å². The molecule has 2 N–H and O–H groups in total. The second-order valence-electron chi connectivity index (χ2n) is 5.57. The van der Waals surface area contributed by atoms with Crippen LogP contribution in [0, 0.1) is 18.3 Å². The van der Waals surface area contributed by atoms with Gasteiger partial charge in [-0.15, -0.1) is 0 Å². The lowest BCUT2D eigenvalue weighted by Gasteiger charge is -2.30. The van der Waals surface area contributed by atoms with Crippen LogP contribution in [0.2, 0.25) is 0 Å². The lowest BCUT2D eigenvalue weighted by molar-refractivity contribution is -0.126. The standard InChI is InChI=1S/C14H22N4O2/c1-9(2)14(5-6-15-8-14)12(19)18-13-16-10(3)7-11(17-13)20-4/h7,9,15H,5-6,8H2,1-4H3,(H,16,17,18,19). The van der Waals surface area contributed by atoms with Crippen LogP contribution in [0.4, 0.5) is 5.95 Å². The summed E-state index contributed by atoms with van der Waals surface area (Å²) < 4.78 is 5.10. The Morgan fingerprint density at radius 2 is 2.25 bits per heavy atom. The quantitative estimate of drug-likeness (QED) is 0.870. The third-order valence-corrected chi connectivity index (χ3v) is 4.01. The Bertz CT molecular complexity index is 496. The van der Waals surface area contributed by atoms with E-state index in [9.17, 15) is 4.79 Å². The molecule has 1 amide bonds. The minimum absolute atomic E-state index is 0.0230. The molecule has 110 valence electrons. The highest BCUT2D eigenvalue weighted by Gasteiger charge is 2.44. The van der Waals surface area contributed by atoms with Gasteiger partial charge in [-0.3, -0.25) is 10.1 Å². The number of rotatable bonds is 4. The van der Waals surface area contributed by atoms with E-state index in [1.165, 1.54) is 0 Å². The van der Waals surface area contributed by atoms with Crippen molar-refractivity contribution >= 4 is 11.9 Å². The summed E-state index contributed by atoms with van der Waals surface area (Å²) in [6.45, 7) is 7.55. The van der Waals surface area contributed by atoms with Crippen LogP contribution >= 0.6 is 0 Å². The Morgan fingerprint density at radius 1 is 1.50 bits per heavy atom. The minimum Gasteiger partial charge on any atom is -0.481 e. The van der Waals surface area contributed by atoms with Crippen molar-refractivity contribution in [2.45, 2.75) is 27.2 Å². The van der Waals surface area contributed by atoms with E-state index < -0.39 is 0 Å². The molecular formula is C14H22N4O2. The van der Waals surface area contributed by atoms with Crippen molar-refractivity contribution in [3.05, 3.63) is 11.8 Å². The predicted molar refractivity (Wildman–Crippen MR) is 76.7 cm³/mol. The Labute approximate surface area is 119 Å². The number of carbonyl (C=O) groups excluding carboxylic acids is 1. The summed E-state index contributed by atoms with van der Waals surface area (Å²) in [6.07, 6.45) is 0.833. The van der Waals surface area contributed by atoms with Crippen LogP contribution in [0.1, 0.15) is 26.0 Å². The van der Waals surface area contributed by atoms with Crippen molar-refractivity contribution in [1.82, 2.24) is 15.3 Å². The molecule has 1 atom stereocenters. The van der Waals surface area contributed by atoms with Crippen molar-refractivity contribution in [1.29, 1.82) is 0 Å². The fourth-order valence-corrected chi connectivity index (χ4v) is 2.59. The molecule has 0 radical (unpaired) electrons. The summed E-state index contributed by atoms with van der Waals surface area (Å²) >= 11 is 0. The predicted octanol–water partition coefficient (Wildman–Crippen LogP) is 1.37. The number of hydrogen-bond acceptors (Lipinski definition) is 5. The van der Waals surface area contributed by atoms with E-state index in [0.717, 1.165) is 18.7 Å². The number of hydrogen-bond donors (Lipinski definition) is 2. The highest BCUT2D eigenvalue weighted by atomic mass is 16.5. The average Bonchev–Trinajstić information content (AvgIpc) is 2.88. The molecule has 6 heteroatoms. The third-order valence-electron chi connectivity index (χ3n) is 4.01. The topological polar surface area (TPSA) is 76.1 Å². The van der Waals surface area contributed by atoms with Gasteiger partial charge in [-0.05, 0) is 25.8 Å². The largest absolute Gasteiger partial charge is 0.481 e. The number of amides is 1.